The van der Waals surface area contributed by atoms with E-state index in [0.717, 1.165) is 10.6 Å². The molecule has 0 aliphatic rings. The first-order chi connectivity index (χ1) is 7.55. The van der Waals surface area contributed by atoms with Crippen LogP contribution < -0.4 is 15.8 Å². The van der Waals surface area contributed by atoms with E-state index in [9.17, 15) is 8.42 Å². The van der Waals surface area contributed by atoms with Gasteiger partial charge in [-0.3, -0.25) is 0 Å². The van der Waals surface area contributed by atoms with Gasteiger partial charge in [0, 0.05) is 30.2 Å². The zero-order chi connectivity index (χ0) is 12.0. The van der Waals surface area contributed by atoms with Gasteiger partial charge >= 0.3 is 0 Å². The van der Waals surface area contributed by atoms with Crippen LogP contribution >= 0.6 is 11.3 Å². The van der Waals surface area contributed by atoms with E-state index in [0.29, 0.717) is 19.6 Å². The standard InChI is InChI=1S/C9H17N3O2S2/c1-2-12-16(13,14)6-4-11-7-9-8(10)3-5-15-9/h3,5,11-12H,2,4,6-7,10H2,1H3. The van der Waals surface area contributed by atoms with Crippen LogP contribution in [0, 0.1) is 0 Å². The third-order valence-electron chi connectivity index (χ3n) is 1.98. The van der Waals surface area contributed by atoms with Gasteiger partial charge in [0.2, 0.25) is 10.0 Å². The SMILES string of the molecule is CCNS(=O)(=O)CCNCc1sccc1N. The molecule has 0 saturated heterocycles. The van der Waals surface area contributed by atoms with E-state index in [1.807, 2.05) is 11.4 Å². The van der Waals surface area contributed by atoms with Crippen molar-refractivity contribution in [3.63, 3.8) is 0 Å². The van der Waals surface area contributed by atoms with E-state index < -0.39 is 10.0 Å². The highest BCUT2D eigenvalue weighted by Crippen LogP contribution is 2.17. The first-order valence-corrected chi connectivity index (χ1v) is 7.58. The zero-order valence-corrected chi connectivity index (χ0v) is 10.8. The Hall–Kier alpha value is -0.630. The number of sulfonamides is 1. The number of nitrogen functional groups attached to an aromatic ring is 1. The number of rotatable bonds is 7. The first kappa shape index (κ1) is 13.4. The number of thiophene rings is 1. The fourth-order valence-corrected chi connectivity index (χ4v) is 2.96. The molecule has 0 saturated carbocycles. The van der Waals surface area contributed by atoms with Crippen molar-refractivity contribution in [3.05, 3.63) is 16.3 Å². The summed E-state index contributed by atoms with van der Waals surface area (Å²) >= 11 is 1.57. The van der Waals surface area contributed by atoms with E-state index in [1.54, 1.807) is 18.3 Å². The summed E-state index contributed by atoms with van der Waals surface area (Å²) in [5, 5.41) is 4.97. The van der Waals surface area contributed by atoms with Crippen molar-refractivity contribution < 1.29 is 8.42 Å². The van der Waals surface area contributed by atoms with E-state index in [4.69, 9.17) is 5.73 Å². The van der Waals surface area contributed by atoms with Gasteiger partial charge in [0.25, 0.3) is 0 Å². The fraction of sp³-hybridized carbons (Fsp3) is 0.556. The summed E-state index contributed by atoms with van der Waals surface area (Å²) in [6.45, 7) is 3.23. The summed E-state index contributed by atoms with van der Waals surface area (Å²) in [5.74, 6) is 0.0894. The molecule has 16 heavy (non-hydrogen) atoms. The average molecular weight is 263 g/mol. The Morgan fingerprint density at radius 3 is 2.81 bits per heavy atom. The number of hydrogen-bond donors (Lipinski definition) is 3. The van der Waals surface area contributed by atoms with Crippen molar-refractivity contribution in [1.82, 2.24) is 10.0 Å². The maximum Gasteiger partial charge on any atom is 0.212 e. The third kappa shape index (κ3) is 4.48. The minimum Gasteiger partial charge on any atom is -0.398 e. The van der Waals surface area contributed by atoms with Gasteiger partial charge < -0.3 is 11.1 Å². The Balaban J connectivity index is 2.25. The lowest BCUT2D eigenvalue weighted by Gasteiger charge is -2.05. The van der Waals surface area contributed by atoms with Crippen LogP contribution in [0.1, 0.15) is 11.8 Å². The van der Waals surface area contributed by atoms with Crippen molar-refractivity contribution in [1.29, 1.82) is 0 Å². The van der Waals surface area contributed by atoms with Gasteiger partial charge in [-0.25, -0.2) is 13.1 Å². The predicted octanol–water partition coefficient (Wildman–Crippen LogP) is 0.359. The molecule has 1 aromatic heterocycles. The molecule has 0 aliphatic carbocycles. The molecule has 0 aromatic carbocycles. The molecule has 7 heteroatoms. The van der Waals surface area contributed by atoms with Crippen molar-refractivity contribution in [2.75, 3.05) is 24.6 Å². The molecule has 0 amide bonds. The number of anilines is 1. The highest BCUT2D eigenvalue weighted by atomic mass is 32.2. The van der Waals surface area contributed by atoms with Gasteiger partial charge in [-0.2, -0.15) is 0 Å². The lowest BCUT2D eigenvalue weighted by Crippen LogP contribution is -2.31. The predicted molar refractivity (Wildman–Crippen MR) is 67.9 cm³/mol. The summed E-state index contributed by atoms with van der Waals surface area (Å²) in [6.07, 6.45) is 0. The van der Waals surface area contributed by atoms with Crippen LogP contribution in [0.4, 0.5) is 5.69 Å². The third-order valence-corrected chi connectivity index (χ3v) is 4.38. The summed E-state index contributed by atoms with van der Waals surface area (Å²) in [6, 6.07) is 1.84. The zero-order valence-electron chi connectivity index (χ0n) is 9.19. The van der Waals surface area contributed by atoms with Crippen LogP contribution in [0.15, 0.2) is 11.4 Å². The summed E-state index contributed by atoms with van der Waals surface area (Å²) in [4.78, 5) is 1.04. The van der Waals surface area contributed by atoms with Gasteiger partial charge in [0.05, 0.1) is 5.75 Å². The minimum absolute atomic E-state index is 0.0894. The normalized spacial score (nSPS) is 11.8. The average Bonchev–Trinajstić information content (AvgIpc) is 2.59. The lowest BCUT2D eigenvalue weighted by molar-refractivity contribution is 0.579. The van der Waals surface area contributed by atoms with Gasteiger partial charge in [-0.05, 0) is 11.4 Å². The van der Waals surface area contributed by atoms with Crippen molar-refractivity contribution in [2.45, 2.75) is 13.5 Å². The number of nitrogens with two attached hydrogens (primary N) is 1. The molecule has 1 heterocycles. The molecule has 5 nitrogen and oxygen atoms in total. The van der Waals surface area contributed by atoms with E-state index >= 15 is 0 Å². The number of hydrogen-bond acceptors (Lipinski definition) is 5. The molecule has 0 bridgehead atoms. The van der Waals surface area contributed by atoms with Crippen molar-refractivity contribution in [3.8, 4) is 0 Å². The second kappa shape index (κ2) is 6.19. The van der Waals surface area contributed by atoms with Gasteiger partial charge in [-0.15, -0.1) is 11.3 Å². The fourth-order valence-electron chi connectivity index (χ4n) is 1.19. The molecule has 0 fully saturated rings. The summed E-state index contributed by atoms with van der Waals surface area (Å²) < 4.78 is 25.0. The second-order valence-electron chi connectivity index (χ2n) is 3.29. The summed E-state index contributed by atoms with van der Waals surface area (Å²) in [7, 11) is -3.12. The molecule has 0 atom stereocenters. The van der Waals surface area contributed by atoms with E-state index in [-0.39, 0.29) is 5.75 Å². The molecule has 92 valence electrons. The van der Waals surface area contributed by atoms with Gasteiger partial charge in [-0.1, -0.05) is 6.92 Å². The Kier molecular flexibility index (Phi) is 5.20. The van der Waals surface area contributed by atoms with E-state index in [2.05, 4.69) is 10.0 Å². The molecule has 0 spiro atoms. The lowest BCUT2D eigenvalue weighted by atomic mass is 10.4. The van der Waals surface area contributed by atoms with Crippen LogP contribution in [-0.4, -0.2) is 27.3 Å². The maximum atomic E-state index is 11.3. The van der Waals surface area contributed by atoms with Crippen LogP contribution in [0.3, 0.4) is 0 Å². The minimum atomic E-state index is -3.12. The molecule has 1 aromatic rings. The van der Waals surface area contributed by atoms with Crippen molar-refractivity contribution in [2.24, 2.45) is 0 Å². The summed E-state index contributed by atoms with van der Waals surface area (Å²) in [5.41, 5.74) is 6.45. The maximum absolute atomic E-state index is 11.3. The molecule has 4 N–H and O–H groups in total. The highest BCUT2D eigenvalue weighted by Gasteiger charge is 2.07. The first-order valence-electron chi connectivity index (χ1n) is 5.05. The quantitative estimate of drug-likeness (QED) is 0.620. The van der Waals surface area contributed by atoms with Gasteiger partial charge in [0.1, 0.15) is 0 Å². The largest absolute Gasteiger partial charge is 0.398 e. The van der Waals surface area contributed by atoms with Crippen LogP contribution in [-0.2, 0) is 16.6 Å². The monoisotopic (exact) mass is 263 g/mol. The Morgan fingerprint density at radius 2 is 2.25 bits per heavy atom. The number of nitrogens with one attached hydrogen (secondary N) is 2. The van der Waals surface area contributed by atoms with Crippen molar-refractivity contribution >= 4 is 27.0 Å². The Labute approximate surface area is 100 Å². The van der Waals surface area contributed by atoms with Crippen LogP contribution in [0.25, 0.3) is 0 Å². The second-order valence-corrected chi connectivity index (χ2v) is 6.22. The van der Waals surface area contributed by atoms with E-state index in [1.165, 1.54) is 0 Å². The highest BCUT2D eigenvalue weighted by molar-refractivity contribution is 7.89. The molecule has 1 rings (SSSR count). The molecular formula is C9H17N3O2S2. The Bertz CT molecular complexity index is 414. The Morgan fingerprint density at radius 1 is 1.50 bits per heavy atom. The molecule has 0 unspecified atom stereocenters. The topological polar surface area (TPSA) is 84.2 Å². The van der Waals surface area contributed by atoms with Crippen LogP contribution in [0.5, 0.6) is 0 Å². The molecular weight excluding hydrogens is 246 g/mol. The smallest absolute Gasteiger partial charge is 0.212 e. The van der Waals surface area contributed by atoms with Crippen LogP contribution in [0.2, 0.25) is 0 Å². The molecule has 0 aliphatic heterocycles. The van der Waals surface area contributed by atoms with Gasteiger partial charge in [0.15, 0.2) is 0 Å². The molecule has 0 radical (unpaired) electrons.